The lowest BCUT2D eigenvalue weighted by molar-refractivity contribution is 0.0694. The molecule has 1 unspecified atom stereocenters. The average molecular weight is 385 g/mol. The van der Waals surface area contributed by atoms with Crippen LogP contribution in [0.1, 0.15) is 10.4 Å². The molecule has 0 fully saturated rings. The molecule has 0 spiro atoms. The van der Waals surface area contributed by atoms with Gasteiger partial charge < -0.3 is 14.9 Å². The molecule has 0 bridgehead atoms. The third-order valence-corrected chi connectivity index (χ3v) is 4.39. The van der Waals surface area contributed by atoms with Crippen LogP contribution < -0.4 is 9.04 Å². The van der Waals surface area contributed by atoms with E-state index in [1.54, 1.807) is 36.4 Å². The van der Waals surface area contributed by atoms with Crippen LogP contribution >= 0.6 is 0 Å². The van der Waals surface area contributed by atoms with Crippen molar-refractivity contribution in [1.82, 2.24) is 0 Å². The number of para-hydroxylation sites is 1. The Balaban J connectivity index is 1.88. The zero-order valence-electron chi connectivity index (χ0n) is 13.9. The number of carboxylic acids is 1. The molecular formula is C19H15NO6S. The normalized spacial score (nSPS) is 11.6. The van der Waals surface area contributed by atoms with E-state index in [0.717, 1.165) is 10.4 Å². The Morgan fingerprint density at radius 2 is 1.48 bits per heavy atom. The highest BCUT2D eigenvalue weighted by Gasteiger charge is 2.18. The Kier molecular flexibility index (Phi) is 5.39. The van der Waals surface area contributed by atoms with Gasteiger partial charge in [0.1, 0.15) is 22.8 Å². The fraction of sp³-hybridized carbons (Fsp3) is 0. The summed E-state index contributed by atoms with van der Waals surface area (Å²) in [6.45, 7) is 0. The van der Waals surface area contributed by atoms with E-state index in [1.807, 2.05) is 18.2 Å². The van der Waals surface area contributed by atoms with Crippen molar-refractivity contribution in [2.24, 2.45) is 0 Å². The van der Waals surface area contributed by atoms with Gasteiger partial charge in [-0.15, -0.1) is 0 Å². The highest BCUT2D eigenvalue weighted by atomic mass is 32.2. The molecule has 138 valence electrons. The summed E-state index contributed by atoms with van der Waals surface area (Å²) in [5, 5.41) is 18.8. The van der Waals surface area contributed by atoms with E-state index >= 15 is 0 Å². The van der Waals surface area contributed by atoms with Crippen molar-refractivity contribution >= 4 is 28.6 Å². The van der Waals surface area contributed by atoms with E-state index in [9.17, 15) is 18.7 Å². The predicted octanol–water partition coefficient (Wildman–Crippen LogP) is 4.16. The van der Waals surface area contributed by atoms with E-state index in [1.165, 1.54) is 12.1 Å². The molecule has 0 aliphatic heterocycles. The second kappa shape index (κ2) is 7.90. The van der Waals surface area contributed by atoms with Crippen LogP contribution in [0.25, 0.3) is 0 Å². The first-order valence-electron chi connectivity index (χ1n) is 7.76. The molecule has 0 saturated carbocycles. The number of carboxylic acid groups (broad SMARTS) is 1. The second-order valence-electron chi connectivity index (χ2n) is 5.44. The maximum atomic E-state index is 11.8. The second-order valence-corrected chi connectivity index (χ2v) is 6.27. The Bertz CT molecular complexity index is 975. The smallest absolute Gasteiger partial charge is 0.339 e. The van der Waals surface area contributed by atoms with Crippen molar-refractivity contribution in [2.75, 3.05) is 4.31 Å². The number of anilines is 2. The molecule has 8 heteroatoms. The number of ether oxygens (including phenoxy) is 1. The number of phenols is 1. The van der Waals surface area contributed by atoms with Crippen LogP contribution in [0.4, 0.5) is 11.4 Å². The molecule has 3 N–H and O–H groups in total. The third-order valence-electron chi connectivity index (χ3n) is 3.65. The summed E-state index contributed by atoms with van der Waals surface area (Å²) in [5.74, 6) is -0.600. The number of benzene rings is 3. The minimum atomic E-state index is -2.44. The maximum absolute atomic E-state index is 11.8. The van der Waals surface area contributed by atoms with Gasteiger partial charge in [0.15, 0.2) is 0 Å². The number of rotatable bonds is 6. The fourth-order valence-electron chi connectivity index (χ4n) is 2.43. The molecule has 0 aromatic heterocycles. The molecule has 0 radical (unpaired) electrons. The summed E-state index contributed by atoms with van der Waals surface area (Å²) in [5.41, 5.74) is 0.225. The first-order valence-corrected chi connectivity index (χ1v) is 8.82. The molecular weight excluding hydrogens is 370 g/mol. The zero-order valence-corrected chi connectivity index (χ0v) is 14.7. The van der Waals surface area contributed by atoms with Gasteiger partial charge in [0.05, 0.1) is 11.4 Å². The van der Waals surface area contributed by atoms with Gasteiger partial charge in [0.2, 0.25) is 0 Å². The lowest BCUT2D eigenvalue weighted by Crippen LogP contribution is -2.19. The zero-order chi connectivity index (χ0) is 19.4. The van der Waals surface area contributed by atoms with Gasteiger partial charge in [0.25, 0.3) is 11.3 Å². The molecule has 1 atom stereocenters. The first kappa shape index (κ1) is 18.4. The van der Waals surface area contributed by atoms with Gasteiger partial charge in [-0.1, -0.05) is 18.2 Å². The van der Waals surface area contributed by atoms with E-state index in [-0.39, 0.29) is 11.3 Å². The van der Waals surface area contributed by atoms with Gasteiger partial charge in [0, 0.05) is 6.07 Å². The van der Waals surface area contributed by atoms with E-state index in [0.29, 0.717) is 17.2 Å². The van der Waals surface area contributed by atoms with Crippen LogP contribution in [-0.2, 0) is 11.3 Å². The van der Waals surface area contributed by atoms with Gasteiger partial charge in [-0.05, 0) is 48.5 Å². The molecule has 0 aliphatic rings. The van der Waals surface area contributed by atoms with Crippen molar-refractivity contribution in [1.29, 1.82) is 0 Å². The topological polar surface area (TPSA) is 107 Å². The van der Waals surface area contributed by atoms with Gasteiger partial charge in [-0.3, -0.25) is 4.55 Å². The minimum Gasteiger partial charge on any atom is -0.507 e. The predicted molar refractivity (Wildman–Crippen MR) is 101 cm³/mol. The Hall–Kier alpha value is -3.36. The van der Waals surface area contributed by atoms with Crippen molar-refractivity contribution in [3.8, 4) is 17.2 Å². The number of hydrogen-bond acceptors (Lipinski definition) is 4. The highest BCUT2D eigenvalue weighted by Crippen LogP contribution is 2.32. The monoisotopic (exact) mass is 385 g/mol. The molecule has 3 aromatic carbocycles. The molecule has 0 heterocycles. The Morgan fingerprint density at radius 3 is 2.04 bits per heavy atom. The summed E-state index contributed by atoms with van der Waals surface area (Å²) in [6.07, 6.45) is 0. The molecule has 3 aromatic rings. The number of hydrogen-bond donors (Lipinski definition) is 3. The Labute approximate surface area is 157 Å². The largest absolute Gasteiger partial charge is 0.507 e. The summed E-state index contributed by atoms with van der Waals surface area (Å²) in [7, 11) is 0. The van der Waals surface area contributed by atoms with Crippen LogP contribution in [0.5, 0.6) is 17.2 Å². The first-order chi connectivity index (χ1) is 13.0. The minimum absolute atomic E-state index is 0.162. The molecule has 3 rings (SSSR count). The van der Waals surface area contributed by atoms with Crippen molar-refractivity contribution in [2.45, 2.75) is 0 Å². The van der Waals surface area contributed by atoms with E-state index in [2.05, 4.69) is 0 Å². The van der Waals surface area contributed by atoms with Crippen LogP contribution in [0, 0.1) is 0 Å². The molecule has 27 heavy (non-hydrogen) atoms. The van der Waals surface area contributed by atoms with Crippen LogP contribution in [0.2, 0.25) is 0 Å². The van der Waals surface area contributed by atoms with Crippen molar-refractivity contribution in [3.05, 3.63) is 78.4 Å². The van der Waals surface area contributed by atoms with Crippen molar-refractivity contribution < 1.29 is 28.5 Å². The third kappa shape index (κ3) is 4.25. The number of aromatic carboxylic acids is 1. The number of nitrogens with zero attached hydrogens (tertiary/aromatic N) is 1. The summed E-state index contributed by atoms with van der Waals surface area (Å²) >= 11 is -2.44. The van der Waals surface area contributed by atoms with Gasteiger partial charge >= 0.3 is 5.97 Å². The highest BCUT2D eigenvalue weighted by molar-refractivity contribution is 7.81. The summed E-state index contributed by atoms with van der Waals surface area (Å²) in [4.78, 5) is 11.0. The van der Waals surface area contributed by atoms with E-state index < -0.39 is 23.0 Å². The number of aromatic hydroxyl groups is 1. The van der Waals surface area contributed by atoms with Gasteiger partial charge in [-0.25, -0.2) is 13.3 Å². The maximum Gasteiger partial charge on any atom is 0.339 e. The lowest BCUT2D eigenvalue weighted by atomic mass is 10.1. The molecule has 7 nitrogen and oxygen atoms in total. The SMILES string of the molecule is O=C(O)c1ccc(N(c2ccc(Oc3ccccc3)cc2)S(=O)O)cc1O. The number of carbonyl (C=O) groups is 1. The van der Waals surface area contributed by atoms with Crippen LogP contribution in [-0.4, -0.2) is 24.9 Å². The molecule has 0 saturated heterocycles. The van der Waals surface area contributed by atoms with Crippen molar-refractivity contribution in [3.63, 3.8) is 0 Å². The van der Waals surface area contributed by atoms with E-state index in [4.69, 9.17) is 9.84 Å². The Morgan fingerprint density at radius 1 is 0.889 bits per heavy atom. The quantitative estimate of drug-likeness (QED) is 0.550. The lowest BCUT2D eigenvalue weighted by Gasteiger charge is -2.21. The van der Waals surface area contributed by atoms with Gasteiger partial charge in [-0.2, -0.15) is 0 Å². The van der Waals surface area contributed by atoms with Crippen LogP contribution in [0.3, 0.4) is 0 Å². The summed E-state index contributed by atoms with van der Waals surface area (Å²) in [6, 6.07) is 19.2. The summed E-state index contributed by atoms with van der Waals surface area (Å²) < 4.78 is 28.2. The van der Waals surface area contributed by atoms with Crippen LogP contribution in [0.15, 0.2) is 72.8 Å². The average Bonchev–Trinajstić information content (AvgIpc) is 2.64. The standard InChI is InChI=1S/C19H15NO6S/c21-18-12-14(8-11-17(18)19(22)23)20(27(24)25)13-6-9-16(10-7-13)26-15-4-2-1-3-5-15/h1-12,21H,(H,22,23)(H,24,25). The molecule has 0 aliphatic carbocycles. The molecule has 0 amide bonds. The fourth-order valence-corrected chi connectivity index (χ4v) is 3.03.